The van der Waals surface area contributed by atoms with E-state index in [0.29, 0.717) is 30.3 Å². The molecule has 2 rings (SSSR count). The average molecular weight is 282 g/mol. The molecule has 1 saturated carbocycles. The van der Waals surface area contributed by atoms with Crippen molar-refractivity contribution in [2.24, 2.45) is 5.92 Å². The van der Waals surface area contributed by atoms with Crippen LogP contribution in [-0.2, 0) is 20.7 Å². The zero-order chi connectivity index (χ0) is 13.7. The maximum absolute atomic E-state index is 11.6. The van der Waals surface area contributed by atoms with Crippen molar-refractivity contribution in [2.45, 2.75) is 38.5 Å². The van der Waals surface area contributed by atoms with E-state index in [-0.39, 0.29) is 11.9 Å². The lowest BCUT2D eigenvalue weighted by atomic mass is 10.2. The summed E-state index contributed by atoms with van der Waals surface area (Å²) in [4.78, 5) is 26.9. The number of amides is 1. The molecule has 0 spiro atoms. The van der Waals surface area contributed by atoms with E-state index in [1.165, 1.54) is 31.3 Å². The molecule has 19 heavy (non-hydrogen) atoms. The van der Waals surface area contributed by atoms with Crippen LogP contribution in [0.4, 0.5) is 5.13 Å². The van der Waals surface area contributed by atoms with Gasteiger partial charge < -0.3 is 10.1 Å². The molecule has 0 radical (unpaired) electrons. The second kappa shape index (κ2) is 6.65. The first-order chi connectivity index (χ1) is 9.17. The Kier molecular flexibility index (Phi) is 4.90. The van der Waals surface area contributed by atoms with Crippen molar-refractivity contribution < 1.29 is 14.3 Å². The smallest absolute Gasteiger partial charge is 0.305 e. The van der Waals surface area contributed by atoms with Gasteiger partial charge in [-0.1, -0.05) is 0 Å². The van der Waals surface area contributed by atoms with Crippen molar-refractivity contribution >= 4 is 28.3 Å². The fourth-order valence-corrected chi connectivity index (χ4v) is 2.51. The zero-order valence-corrected chi connectivity index (χ0v) is 11.8. The molecule has 5 nitrogen and oxygen atoms in total. The maximum Gasteiger partial charge on any atom is 0.305 e. The van der Waals surface area contributed by atoms with Crippen molar-refractivity contribution in [1.29, 1.82) is 0 Å². The molecule has 104 valence electrons. The minimum atomic E-state index is -0.201. The highest BCUT2D eigenvalue weighted by molar-refractivity contribution is 7.13. The summed E-state index contributed by atoms with van der Waals surface area (Å²) in [7, 11) is 1.39. The van der Waals surface area contributed by atoms with Crippen LogP contribution in [0.5, 0.6) is 0 Å². The number of aryl methyl sites for hydroxylation is 1. The summed E-state index contributed by atoms with van der Waals surface area (Å²) in [5, 5.41) is 5.39. The second-order valence-corrected chi connectivity index (χ2v) is 5.63. The lowest BCUT2D eigenvalue weighted by Crippen LogP contribution is -2.11. The van der Waals surface area contributed by atoms with Gasteiger partial charge in [-0.15, -0.1) is 11.3 Å². The molecule has 6 heteroatoms. The first-order valence-electron chi connectivity index (χ1n) is 6.48. The molecule has 0 aromatic carbocycles. The second-order valence-electron chi connectivity index (χ2n) is 4.77. The number of anilines is 1. The van der Waals surface area contributed by atoms with Gasteiger partial charge in [0.1, 0.15) is 0 Å². The van der Waals surface area contributed by atoms with Gasteiger partial charge in [-0.2, -0.15) is 0 Å². The number of carbonyl (C=O) groups excluding carboxylic acids is 2. The minimum Gasteiger partial charge on any atom is -0.469 e. The van der Waals surface area contributed by atoms with Gasteiger partial charge >= 0.3 is 5.97 Å². The number of carbonyl (C=O) groups is 2. The van der Waals surface area contributed by atoms with Crippen molar-refractivity contribution in [3.05, 3.63) is 11.1 Å². The summed E-state index contributed by atoms with van der Waals surface area (Å²) in [5.74, 6) is 0.436. The summed E-state index contributed by atoms with van der Waals surface area (Å²) in [6.45, 7) is 0. The van der Waals surface area contributed by atoms with E-state index in [1.54, 1.807) is 0 Å². The third-order valence-electron chi connectivity index (χ3n) is 3.01. The Labute approximate surface area is 116 Å². The van der Waals surface area contributed by atoms with Crippen molar-refractivity contribution in [3.63, 3.8) is 0 Å². The molecule has 1 amide bonds. The number of hydrogen-bond donors (Lipinski definition) is 1. The van der Waals surface area contributed by atoms with Crippen molar-refractivity contribution in [1.82, 2.24) is 4.98 Å². The van der Waals surface area contributed by atoms with Crippen LogP contribution in [0.1, 0.15) is 37.8 Å². The Morgan fingerprint density at radius 3 is 3.00 bits per heavy atom. The fourth-order valence-electron chi connectivity index (χ4n) is 1.75. The number of aromatic nitrogens is 1. The predicted molar refractivity (Wildman–Crippen MR) is 73.0 cm³/mol. The van der Waals surface area contributed by atoms with Gasteiger partial charge in [0.25, 0.3) is 0 Å². The molecule has 1 aliphatic rings. The molecule has 1 aromatic heterocycles. The van der Waals surface area contributed by atoms with E-state index >= 15 is 0 Å². The molecule has 0 bridgehead atoms. The fraction of sp³-hybridized carbons (Fsp3) is 0.615. The Morgan fingerprint density at radius 2 is 2.32 bits per heavy atom. The van der Waals surface area contributed by atoms with Gasteiger partial charge in [-0.05, 0) is 31.6 Å². The number of nitrogens with zero attached hydrogens (tertiary/aromatic N) is 1. The molecule has 1 aliphatic carbocycles. The molecular formula is C13H18N2O3S. The number of esters is 1. The lowest BCUT2D eigenvalue weighted by Gasteiger charge is -1.99. The van der Waals surface area contributed by atoms with Crippen molar-refractivity contribution in [3.8, 4) is 0 Å². The van der Waals surface area contributed by atoms with Crippen LogP contribution in [0.2, 0.25) is 0 Å². The number of hydrogen-bond acceptors (Lipinski definition) is 5. The quantitative estimate of drug-likeness (QED) is 0.780. The number of nitrogens with one attached hydrogen (secondary N) is 1. The van der Waals surface area contributed by atoms with Crippen LogP contribution in [0.15, 0.2) is 5.38 Å². The lowest BCUT2D eigenvalue weighted by molar-refractivity contribution is -0.140. The predicted octanol–water partition coefficient (Wildman–Crippen LogP) is 2.38. The average Bonchev–Trinajstić information content (AvgIpc) is 3.08. The molecule has 0 unspecified atom stereocenters. The Morgan fingerprint density at radius 1 is 1.53 bits per heavy atom. The van der Waals surface area contributed by atoms with Crippen LogP contribution in [-0.4, -0.2) is 24.0 Å². The number of methoxy groups -OCH3 is 1. The van der Waals surface area contributed by atoms with Crippen LogP contribution in [0.3, 0.4) is 0 Å². The largest absolute Gasteiger partial charge is 0.469 e. The van der Waals surface area contributed by atoms with E-state index in [1.807, 2.05) is 5.38 Å². The zero-order valence-electron chi connectivity index (χ0n) is 11.0. The highest BCUT2D eigenvalue weighted by atomic mass is 32.1. The van der Waals surface area contributed by atoms with Crippen LogP contribution in [0.25, 0.3) is 0 Å². The van der Waals surface area contributed by atoms with Gasteiger partial charge in [0.15, 0.2) is 5.13 Å². The molecule has 1 heterocycles. The highest BCUT2D eigenvalue weighted by Gasteiger charge is 2.24. The maximum atomic E-state index is 11.6. The highest BCUT2D eigenvalue weighted by Crippen LogP contribution is 2.32. The molecule has 1 aromatic rings. The van der Waals surface area contributed by atoms with Crippen molar-refractivity contribution in [2.75, 3.05) is 12.4 Å². The summed E-state index contributed by atoms with van der Waals surface area (Å²) in [5.41, 5.74) is 0.913. The molecule has 1 fully saturated rings. The van der Waals surface area contributed by atoms with Crippen LogP contribution >= 0.6 is 11.3 Å². The van der Waals surface area contributed by atoms with Gasteiger partial charge in [-0.3, -0.25) is 9.59 Å². The molecule has 0 aliphatic heterocycles. The summed E-state index contributed by atoms with van der Waals surface area (Å²) in [6.07, 6.45) is 4.79. The van der Waals surface area contributed by atoms with Gasteiger partial charge in [0, 0.05) is 18.2 Å². The third kappa shape index (κ3) is 4.98. The summed E-state index contributed by atoms with van der Waals surface area (Å²) >= 11 is 1.43. The molecular weight excluding hydrogens is 264 g/mol. The standard InChI is InChI=1S/C13H18N2O3S/c1-18-12(17)4-2-3-10-8-19-13(14-10)15-11(16)7-9-5-6-9/h8-9H,2-7H2,1H3,(H,14,15,16). The first kappa shape index (κ1) is 14.0. The van der Waals surface area contributed by atoms with E-state index in [4.69, 9.17) is 0 Å². The topological polar surface area (TPSA) is 68.3 Å². The number of ether oxygens (including phenoxy) is 1. The van der Waals surface area contributed by atoms with E-state index in [0.717, 1.165) is 12.1 Å². The molecule has 0 atom stereocenters. The summed E-state index contributed by atoms with van der Waals surface area (Å²) < 4.78 is 4.58. The Hall–Kier alpha value is -1.43. The minimum absolute atomic E-state index is 0.0537. The number of thiazole rings is 1. The van der Waals surface area contributed by atoms with Crippen LogP contribution in [0, 0.1) is 5.92 Å². The third-order valence-corrected chi connectivity index (χ3v) is 3.82. The van der Waals surface area contributed by atoms with Gasteiger partial charge in [0.2, 0.25) is 5.91 Å². The molecule has 1 N–H and O–H groups in total. The monoisotopic (exact) mass is 282 g/mol. The Balaban J connectivity index is 1.71. The van der Waals surface area contributed by atoms with Gasteiger partial charge in [0.05, 0.1) is 12.8 Å². The molecule has 0 saturated heterocycles. The van der Waals surface area contributed by atoms with Crippen LogP contribution < -0.4 is 5.32 Å². The normalized spacial score (nSPS) is 14.2. The van der Waals surface area contributed by atoms with E-state index in [9.17, 15) is 9.59 Å². The Bertz CT molecular complexity index is 454. The summed E-state index contributed by atoms with van der Waals surface area (Å²) in [6, 6.07) is 0. The first-order valence-corrected chi connectivity index (χ1v) is 7.36. The number of rotatable bonds is 7. The SMILES string of the molecule is COC(=O)CCCc1csc(NC(=O)CC2CC2)n1. The van der Waals surface area contributed by atoms with E-state index in [2.05, 4.69) is 15.0 Å². The van der Waals surface area contributed by atoms with E-state index < -0.39 is 0 Å². The van der Waals surface area contributed by atoms with Gasteiger partial charge in [-0.25, -0.2) is 4.98 Å².